The largest absolute Gasteiger partial charge is 0.490 e. The molecule has 0 fully saturated rings. The van der Waals surface area contributed by atoms with Crippen LogP contribution in [0.2, 0.25) is 0 Å². The molecule has 0 spiro atoms. The molecule has 1 aliphatic heterocycles. The van der Waals surface area contributed by atoms with Gasteiger partial charge in [0.05, 0.1) is 0 Å². The highest BCUT2D eigenvalue weighted by atomic mass is 16.5. The van der Waals surface area contributed by atoms with E-state index >= 15 is 0 Å². The van der Waals surface area contributed by atoms with Gasteiger partial charge in [-0.2, -0.15) is 0 Å². The van der Waals surface area contributed by atoms with E-state index in [1.54, 1.807) is 6.92 Å². The molecule has 1 heterocycles. The molecule has 0 N–H and O–H groups in total. The van der Waals surface area contributed by atoms with E-state index in [0.717, 1.165) is 23.3 Å². The van der Waals surface area contributed by atoms with E-state index < -0.39 is 0 Å². The van der Waals surface area contributed by atoms with Gasteiger partial charge in [0.2, 0.25) is 0 Å². The normalized spacial score (nSPS) is 19.4. The van der Waals surface area contributed by atoms with Crippen molar-refractivity contribution in [3.63, 3.8) is 0 Å². The molecule has 1 atom stereocenters. The van der Waals surface area contributed by atoms with Crippen LogP contribution in [0.4, 0.5) is 0 Å². The summed E-state index contributed by atoms with van der Waals surface area (Å²) in [5, 5.41) is 0. The van der Waals surface area contributed by atoms with Crippen molar-refractivity contribution in [3.05, 3.63) is 29.3 Å². The van der Waals surface area contributed by atoms with Gasteiger partial charge < -0.3 is 4.74 Å². The number of hydrogen-bond donors (Lipinski definition) is 0. The lowest BCUT2D eigenvalue weighted by Gasteiger charge is -2.02. The Bertz CT molecular complexity index is 355. The smallest absolute Gasteiger partial charge is 0.160 e. The number of ketones is 1. The van der Waals surface area contributed by atoms with Crippen molar-refractivity contribution in [1.82, 2.24) is 0 Å². The molecule has 0 bridgehead atoms. The fourth-order valence-electron chi connectivity index (χ4n) is 1.76. The first-order chi connectivity index (χ1) is 6.18. The first-order valence-electron chi connectivity index (χ1n) is 4.48. The zero-order valence-electron chi connectivity index (χ0n) is 7.83. The van der Waals surface area contributed by atoms with Crippen molar-refractivity contribution in [2.24, 2.45) is 0 Å². The SMILES string of the molecule is CC(=O)c1cccc2c1C[C@H](C)O2. The summed E-state index contributed by atoms with van der Waals surface area (Å²) in [7, 11) is 0. The maximum atomic E-state index is 11.3. The monoisotopic (exact) mass is 176 g/mol. The van der Waals surface area contributed by atoms with Crippen LogP contribution in [0.15, 0.2) is 18.2 Å². The number of Topliss-reactive ketones (excluding diaryl/α,β-unsaturated/α-hetero) is 1. The zero-order chi connectivity index (χ0) is 9.42. The number of ether oxygens (including phenoxy) is 1. The van der Waals surface area contributed by atoms with Gasteiger partial charge in [0.1, 0.15) is 11.9 Å². The molecule has 1 aliphatic rings. The van der Waals surface area contributed by atoms with E-state index in [2.05, 4.69) is 0 Å². The summed E-state index contributed by atoms with van der Waals surface area (Å²) < 4.78 is 5.55. The Labute approximate surface area is 77.5 Å². The molecular weight excluding hydrogens is 164 g/mol. The summed E-state index contributed by atoms with van der Waals surface area (Å²) in [5.74, 6) is 0.995. The predicted octanol–water partition coefficient (Wildman–Crippen LogP) is 2.21. The van der Waals surface area contributed by atoms with Gasteiger partial charge in [0, 0.05) is 17.5 Å². The van der Waals surface area contributed by atoms with Crippen LogP contribution >= 0.6 is 0 Å². The topological polar surface area (TPSA) is 26.3 Å². The van der Waals surface area contributed by atoms with Crippen LogP contribution in [-0.2, 0) is 6.42 Å². The Morgan fingerprint density at radius 3 is 3.00 bits per heavy atom. The molecule has 0 unspecified atom stereocenters. The molecule has 0 saturated heterocycles. The Hall–Kier alpha value is -1.31. The van der Waals surface area contributed by atoms with Crippen LogP contribution < -0.4 is 4.74 Å². The lowest BCUT2D eigenvalue weighted by molar-refractivity contribution is 0.101. The molecule has 0 aliphatic carbocycles. The van der Waals surface area contributed by atoms with Gasteiger partial charge in [0.25, 0.3) is 0 Å². The minimum Gasteiger partial charge on any atom is -0.490 e. The van der Waals surface area contributed by atoms with E-state index in [-0.39, 0.29) is 11.9 Å². The minimum absolute atomic E-state index is 0.120. The summed E-state index contributed by atoms with van der Waals surface area (Å²) in [5.41, 5.74) is 1.88. The van der Waals surface area contributed by atoms with Crippen molar-refractivity contribution in [3.8, 4) is 5.75 Å². The van der Waals surface area contributed by atoms with Crippen LogP contribution in [-0.4, -0.2) is 11.9 Å². The molecule has 1 aromatic rings. The maximum absolute atomic E-state index is 11.3. The van der Waals surface area contributed by atoms with Gasteiger partial charge in [-0.15, -0.1) is 0 Å². The van der Waals surface area contributed by atoms with Gasteiger partial charge in [-0.05, 0) is 19.9 Å². The summed E-state index contributed by atoms with van der Waals surface area (Å²) in [4.78, 5) is 11.3. The van der Waals surface area contributed by atoms with Crippen molar-refractivity contribution < 1.29 is 9.53 Å². The lowest BCUT2D eigenvalue weighted by atomic mass is 10.0. The quantitative estimate of drug-likeness (QED) is 0.613. The van der Waals surface area contributed by atoms with E-state index in [4.69, 9.17) is 4.74 Å². The molecule has 68 valence electrons. The average Bonchev–Trinajstić information content (AvgIpc) is 2.43. The Morgan fingerprint density at radius 2 is 2.31 bits per heavy atom. The molecule has 0 amide bonds. The first kappa shape index (κ1) is 8.30. The van der Waals surface area contributed by atoms with Crippen LogP contribution in [0.25, 0.3) is 0 Å². The Balaban J connectivity index is 2.51. The van der Waals surface area contributed by atoms with E-state index in [9.17, 15) is 4.79 Å². The number of fused-ring (bicyclic) bond motifs is 1. The summed E-state index contributed by atoms with van der Waals surface area (Å²) >= 11 is 0. The number of carbonyl (C=O) groups excluding carboxylic acids is 1. The van der Waals surface area contributed by atoms with Crippen LogP contribution in [0.3, 0.4) is 0 Å². The molecule has 0 aromatic heterocycles. The second-order valence-corrected chi connectivity index (χ2v) is 3.47. The van der Waals surface area contributed by atoms with Gasteiger partial charge in [-0.25, -0.2) is 0 Å². The standard InChI is InChI=1S/C11H12O2/c1-7-6-10-9(8(2)12)4-3-5-11(10)13-7/h3-5,7H,6H2,1-2H3/t7-/m0/s1. The zero-order valence-corrected chi connectivity index (χ0v) is 7.83. The Kier molecular flexibility index (Phi) is 1.83. The third-order valence-corrected chi connectivity index (χ3v) is 2.33. The predicted molar refractivity (Wildman–Crippen MR) is 50.2 cm³/mol. The van der Waals surface area contributed by atoms with Crippen molar-refractivity contribution >= 4 is 5.78 Å². The van der Waals surface area contributed by atoms with Crippen LogP contribution in [0, 0.1) is 0 Å². The molecule has 2 heteroatoms. The van der Waals surface area contributed by atoms with Gasteiger partial charge in [0.15, 0.2) is 5.78 Å². The lowest BCUT2D eigenvalue weighted by Crippen LogP contribution is -2.06. The molecular formula is C11H12O2. The molecule has 2 nitrogen and oxygen atoms in total. The van der Waals surface area contributed by atoms with E-state index in [0.29, 0.717) is 0 Å². The summed E-state index contributed by atoms with van der Waals surface area (Å²) in [6.07, 6.45) is 1.06. The first-order valence-corrected chi connectivity index (χ1v) is 4.48. The highest BCUT2D eigenvalue weighted by Gasteiger charge is 2.22. The van der Waals surface area contributed by atoms with Crippen molar-refractivity contribution in [1.29, 1.82) is 0 Å². The van der Waals surface area contributed by atoms with Crippen molar-refractivity contribution in [2.45, 2.75) is 26.4 Å². The fraction of sp³-hybridized carbons (Fsp3) is 0.364. The van der Waals surface area contributed by atoms with Crippen molar-refractivity contribution in [2.75, 3.05) is 0 Å². The number of hydrogen-bond acceptors (Lipinski definition) is 2. The number of rotatable bonds is 1. The summed E-state index contributed by atoms with van der Waals surface area (Å²) in [6.45, 7) is 3.61. The third kappa shape index (κ3) is 1.32. The molecule has 1 aromatic carbocycles. The second-order valence-electron chi connectivity index (χ2n) is 3.47. The minimum atomic E-state index is 0.120. The summed E-state index contributed by atoms with van der Waals surface area (Å²) in [6, 6.07) is 5.65. The highest BCUT2D eigenvalue weighted by molar-refractivity contribution is 5.96. The van der Waals surface area contributed by atoms with Gasteiger partial charge in [-0.1, -0.05) is 12.1 Å². The fourth-order valence-corrected chi connectivity index (χ4v) is 1.76. The number of benzene rings is 1. The van der Waals surface area contributed by atoms with Gasteiger partial charge >= 0.3 is 0 Å². The van der Waals surface area contributed by atoms with E-state index in [1.807, 2.05) is 25.1 Å². The molecule has 0 saturated carbocycles. The molecule has 13 heavy (non-hydrogen) atoms. The average molecular weight is 176 g/mol. The van der Waals surface area contributed by atoms with Crippen LogP contribution in [0.5, 0.6) is 5.75 Å². The third-order valence-electron chi connectivity index (χ3n) is 2.33. The highest BCUT2D eigenvalue weighted by Crippen LogP contribution is 2.31. The van der Waals surface area contributed by atoms with E-state index in [1.165, 1.54) is 0 Å². The van der Waals surface area contributed by atoms with Crippen LogP contribution in [0.1, 0.15) is 29.8 Å². The molecule has 0 radical (unpaired) electrons. The second kappa shape index (κ2) is 2.87. The maximum Gasteiger partial charge on any atom is 0.160 e. The van der Waals surface area contributed by atoms with Gasteiger partial charge in [-0.3, -0.25) is 4.79 Å². The number of carbonyl (C=O) groups is 1. The molecule has 2 rings (SSSR count). The Morgan fingerprint density at radius 1 is 1.54 bits per heavy atom.